The Morgan fingerprint density at radius 1 is 1.26 bits per heavy atom. The number of hydrogen-bond acceptors (Lipinski definition) is 9. The number of hydrogen-bond donors (Lipinski definition) is 2. The number of nitrogens with one attached hydrogen (secondary N) is 2. The number of sulfonamides is 1. The Bertz CT molecular complexity index is 1500. The quantitative estimate of drug-likeness (QED) is 0.444. The van der Waals surface area contributed by atoms with Crippen LogP contribution in [0.2, 0.25) is 0 Å². The van der Waals surface area contributed by atoms with Crippen LogP contribution in [0.4, 0.5) is 14.5 Å². The van der Waals surface area contributed by atoms with Crippen LogP contribution in [0, 0.1) is 5.92 Å². The van der Waals surface area contributed by atoms with Crippen LogP contribution < -0.4 is 14.9 Å². The number of anilines is 1. The van der Waals surface area contributed by atoms with Crippen molar-refractivity contribution in [2.24, 2.45) is 5.92 Å². The molecule has 3 aliphatic rings. The molecule has 1 amide bonds. The summed E-state index contributed by atoms with van der Waals surface area (Å²) < 4.78 is 57.5. The van der Waals surface area contributed by atoms with E-state index in [1.165, 1.54) is 6.20 Å². The molecule has 6 rings (SSSR count). The molecule has 0 aromatic carbocycles. The van der Waals surface area contributed by atoms with E-state index in [1.807, 2.05) is 18.7 Å². The standard InChI is InChI=1S/C23H28F2N8O3S2/c1-13-11-31(5-6-32(13)22(34)14-8-26-9-14)16-7-15(38(35,36)30-23(2)3-4-23)12-33-17(16)10-27-19(33)21-29-28-20(37-21)18(24)25/h7,10,12-14,18,26,30H,3-6,8-9,11H2,1-2H3/t13-/m1/s1. The van der Waals surface area contributed by atoms with E-state index in [4.69, 9.17) is 0 Å². The summed E-state index contributed by atoms with van der Waals surface area (Å²) >= 11 is 0.719. The Morgan fingerprint density at radius 3 is 2.63 bits per heavy atom. The van der Waals surface area contributed by atoms with Crippen LogP contribution >= 0.6 is 11.3 Å². The smallest absolute Gasteiger partial charge is 0.291 e. The number of alkyl halides is 2. The van der Waals surface area contributed by atoms with Crippen molar-refractivity contribution < 1.29 is 22.0 Å². The van der Waals surface area contributed by atoms with Gasteiger partial charge in [0.25, 0.3) is 6.43 Å². The topological polar surface area (TPSA) is 125 Å². The van der Waals surface area contributed by atoms with Crippen LogP contribution in [-0.4, -0.2) is 83.1 Å². The zero-order valence-corrected chi connectivity index (χ0v) is 22.5. The van der Waals surface area contributed by atoms with Crippen molar-refractivity contribution in [3.05, 3.63) is 23.5 Å². The first kappa shape index (κ1) is 25.5. The molecule has 3 fully saturated rings. The number of nitrogens with zero attached hydrogens (tertiary/aromatic N) is 6. The number of imidazole rings is 1. The fourth-order valence-corrected chi connectivity index (χ4v) is 7.07. The zero-order valence-electron chi connectivity index (χ0n) is 20.9. The fraction of sp³-hybridized carbons (Fsp3) is 0.565. The lowest BCUT2D eigenvalue weighted by molar-refractivity contribution is -0.139. The van der Waals surface area contributed by atoms with Gasteiger partial charge in [-0.25, -0.2) is 26.9 Å². The van der Waals surface area contributed by atoms with E-state index in [1.54, 1.807) is 16.7 Å². The van der Waals surface area contributed by atoms with Gasteiger partial charge in [0.05, 0.1) is 23.3 Å². The minimum Gasteiger partial charge on any atom is -0.366 e. The molecule has 11 nitrogen and oxygen atoms in total. The molecule has 204 valence electrons. The molecule has 0 bridgehead atoms. The van der Waals surface area contributed by atoms with E-state index in [9.17, 15) is 22.0 Å². The van der Waals surface area contributed by atoms with Gasteiger partial charge in [0.1, 0.15) is 4.90 Å². The second kappa shape index (κ2) is 9.17. The first-order valence-corrected chi connectivity index (χ1v) is 14.8. The molecule has 15 heteroatoms. The number of halogens is 2. The third-order valence-corrected chi connectivity index (χ3v) is 10.0. The maximum Gasteiger partial charge on any atom is 0.291 e. The van der Waals surface area contributed by atoms with Gasteiger partial charge < -0.3 is 15.1 Å². The summed E-state index contributed by atoms with van der Waals surface area (Å²) in [4.78, 5) is 21.3. The zero-order chi connectivity index (χ0) is 26.8. The molecule has 0 spiro atoms. The average molecular weight is 567 g/mol. The maximum absolute atomic E-state index is 13.4. The van der Waals surface area contributed by atoms with E-state index in [0.717, 1.165) is 24.2 Å². The van der Waals surface area contributed by atoms with Crippen LogP contribution in [0.3, 0.4) is 0 Å². The summed E-state index contributed by atoms with van der Waals surface area (Å²) in [5.41, 5.74) is 0.768. The number of rotatable bonds is 7. The van der Waals surface area contributed by atoms with Crippen molar-refractivity contribution in [1.82, 2.24) is 34.5 Å². The molecule has 3 aromatic heterocycles. The molecule has 0 radical (unpaired) electrons. The van der Waals surface area contributed by atoms with Crippen molar-refractivity contribution in [3.8, 4) is 10.8 Å². The molecule has 3 aromatic rings. The third kappa shape index (κ3) is 4.54. The summed E-state index contributed by atoms with van der Waals surface area (Å²) in [6, 6.07) is 1.54. The van der Waals surface area contributed by atoms with E-state index < -0.39 is 27.0 Å². The van der Waals surface area contributed by atoms with Gasteiger partial charge in [0.2, 0.25) is 15.9 Å². The van der Waals surface area contributed by atoms with E-state index in [-0.39, 0.29) is 33.6 Å². The highest BCUT2D eigenvalue weighted by molar-refractivity contribution is 7.89. The average Bonchev–Trinajstić information content (AvgIpc) is 3.22. The van der Waals surface area contributed by atoms with Gasteiger partial charge in [-0.1, -0.05) is 11.3 Å². The van der Waals surface area contributed by atoms with Crippen molar-refractivity contribution in [3.63, 3.8) is 0 Å². The lowest BCUT2D eigenvalue weighted by Gasteiger charge is -2.43. The lowest BCUT2D eigenvalue weighted by Crippen LogP contribution is -2.59. The fourth-order valence-electron chi connectivity index (χ4n) is 4.90. The van der Waals surface area contributed by atoms with E-state index in [0.29, 0.717) is 43.9 Å². The number of amides is 1. The van der Waals surface area contributed by atoms with Crippen LogP contribution in [0.25, 0.3) is 16.3 Å². The summed E-state index contributed by atoms with van der Waals surface area (Å²) in [7, 11) is -3.89. The number of fused-ring (bicyclic) bond motifs is 1. The molecule has 1 saturated carbocycles. The van der Waals surface area contributed by atoms with Gasteiger partial charge in [0.15, 0.2) is 15.8 Å². The first-order valence-electron chi connectivity index (χ1n) is 12.5. The summed E-state index contributed by atoms with van der Waals surface area (Å²) in [6.45, 7) is 6.74. The van der Waals surface area contributed by atoms with Crippen LogP contribution in [0.5, 0.6) is 0 Å². The lowest BCUT2D eigenvalue weighted by atomic mass is 10.00. The molecule has 1 aliphatic carbocycles. The van der Waals surface area contributed by atoms with Crippen LogP contribution in [0.15, 0.2) is 23.4 Å². The summed E-state index contributed by atoms with van der Waals surface area (Å²) in [6.07, 6.45) is 1.78. The molecule has 5 heterocycles. The molecular formula is C23H28F2N8O3S2. The minimum absolute atomic E-state index is 0.00136. The van der Waals surface area contributed by atoms with Gasteiger partial charge in [-0.2, -0.15) is 0 Å². The Morgan fingerprint density at radius 2 is 2.03 bits per heavy atom. The van der Waals surface area contributed by atoms with Gasteiger partial charge in [-0.05, 0) is 32.8 Å². The summed E-state index contributed by atoms with van der Waals surface area (Å²) in [5, 5.41) is 10.3. The predicted octanol–water partition coefficient (Wildman–Crippen LogP) is 1.88. The number of carbonyl (C=O) groups excluding carboxylic acids is 1. The molecule has 1 atom stereocenters. The van der Waals surface area contributed by atoms with Crippen molar-refractivity contribution in [2.75, 3.05) is 37.6 Å². The van der Waals surface area contributed by atoms with E-state index in [2.05, 4.69) is 30.1 Å². The number of carbonyl (C=O) groups is 1. The van der Waals surface area contributed by atoms with Gasteiger partial charge in [-0.15, -0.1) is 10.2 Å². The Balaban J connectivity index is 1.40. The van der Waals surface area contributed by atoms with Gasteiger partial charge >= 0.3 is 0 Å². The van der Waals surface area contributed by atoms with Gasteiger partial charge in [-0.3, -0.25) is 9.20 Å². The molecule has 0 unspecified atom stereocenters. The number of pyridine rings is 1. The minimum atomic E-state index is -3.89. The first-order chi connectivity index (χ1) is 18.0. The monoisotopic (exact) mass is 566 g/mol. The maximum atomic E-state index is 13.4. The van der Waals surface area contributed by atoms with E-state index >= 15 is 0 Å². The van der Waals surface area contributed by atoms with Crippen LogP contribution in [0.1, 0.15) is 38.1 Å². The Kier molecular flexibility index (Phi) is 6.16. The normalized spacial score (nSPS) is 21.8. The largest absolute Gasteiger partial charge is 0.366 e. The highest BCUT2D eigenvalue weighted by Gasteiger charge is 2.42. The predicted molar refractivity (Wildman–Crippen MR) is 137 cm³/mol. The number of aromatic nitrogens is 4. The Labute approximate surface area is 222 Å². The van der Waals surface area contributed by atoms with Gasteiger partial charge in [0, 0.05) is 50.5 Å². The highest BCUT2D eigenvalue weighted by Crippen LogP contribution is 2.38. The number of piperazine rings is 1. The molecule has 2 aliphatic heterocycles. The molecular weight excluding hydrogens is 538 g/mol. The summed E-state index contributed by atoms with van der Waals surface area (Å²) in [5.74, 6) is 0.373. The molecule has 38 heavy (non-hydrogen) atoms. The van der Waals surface area contributed by atoms with Crippen molar-refractivity contribution in [1.29, 1.82) is 0 Å². The van der Waals surface area contributed by atoms with Crippen molar-refractivity contribution in [2.45, 2.75) is 49.6 Å². The second-order valence-electron chi connectivity index (χ2n) is 10.5. The molecule has 2 N–H and O–H groups in total. The van der Waals surface area contributed by atoms with Crippen LogP contribution in [-0.2, 0) is 14.8 Å². The SMILES string of the molecule is C[C@@H]1CN(c2cc(S(=O)(=O)NC3(C)CC3)cn3c(-c4nnc(C(F)F)s4)ncc23)CCN1C(=O)C1CNC1. The third-order valence-electron chi connectivity index (χ3n) is 7.49. The second-order valence-corrected chi connectivity index (χ2v) is 13.2. The molecule has 2 saturated heterocycles. The van der Waals surface area contributed by atoms with Crippen molar-refractivity contribution >= 4 is 38.5 Å². The highest BCUT2D eigenvalue weighted by atomic mass is 32.2. The Hall–Kier alpha value is -2.75.